The molecule has 3 nitrogen and oxygen atoms in total. The maximum absolute atomic E-state index is 12.8. The molecular weight excluding hydrogens is 145 g/mol. The molecule has 0 atom stereocenters. The van der Waals surface area contributed by atoms with Gasteiger partial charge in [0.25, 0.3) is 0 Å². The zero-order chi connectivity index (χ0) is 7.84. The van der Waals surface area contributed by atoms with Gasteiger partial charge < -0.3 is 4.98 Å². The summed E-state index contributed by atoms with van der Waals surface area (Å²) in [5.41, 5.74) is 1.52. The molecule has 11 heavy (non-hydrogen) atoms. The maximum Gasteiger partial charge on any atom is 0.168 e. The van der Waals surface area contributed by atoms with Gasteiger partial charge in [0.15, 0.2) is 11.5 Å². The lowest BCUT2D eigenvalue weighted by Crippen LogP contribution is -1.85. The lowest BCUT2D eigenvalue weighted by Gasteiger charge is -1.89. The topological polar surface area (TPSA) is 41.6 Å². The van der Waals surface area contributed by atoms with E-state index in [1.807, 2.05) is 0 Å². The molecule has 2 aromatic heterocycles. The Kier molecular flexibility index (Phi) is 1.15. The number of fused-ring (bicyclic) bond motifs is 1. The standard InChI is InChI=1S/C7H6FN3/c1-4-2-9-7-6(11-4)5(8)3-10-7/h2-3H,1H3,(H,9,10). The van der Waals surface area contributed by atoms with Gasteiger partial charge in [-0.3, -0.25) is 0 Å². The molecule has 2 rings (SSSR count). The Bertz CT molecular complexity index is 393. The van der Waals surface area contributed by atoms with Crippen molar-refractivity contribution in [3.8, 4) is 0 Å². The van der Waals surface area contributed by atoms with Crippen molar-refractivity contribution in [1.29, 1.82) is 0 Å². The summed E-state index contributed by atoms with van der Waals surface area (Å²) < 4.78 is 12.8. The van der Waals surface area contributed by atoms with Crippen molar-refractivity contribution < 1.29 is 4.39 Å². The Hall–Kier alpha value is -1.45. The van der Waals surface area contributed by atoms with E-state index in [0.29, 0.717) is 11.2 Å². The summed E-state index contributed by atoms with van der Waals surface area (Å²) in [7, 11) is 0. The second-order valence-corrected chi connectivity index (χ2v) is 2.35. The van der Waals surface area contributed by atoms with Crippen LogP contribution in [-0.4, -0.2) is 15.0 Å². The first-order valence-electron chi connectivity index (χ1n) is 3.23. The Morgan fingerprint density at radius 3 is 3.18 bits per heavy atom. The first-order chi connectivity index (χ1) is 5.27. The average Bonchev–Trinajstić information content (AvgIpc) is 2.33. The van der Waals surface area contributed by atoms with Gasteiger partial charge in [0.05, 0.1) is 11.9 Å². The zero-order valence-electron chi connectivity index (χ0n) is 5.93. The first-order valence-corrected chi connectivity index (χ1v) is 3.23. The van der Waals surface area contributed by atoms with Crippen molar-refractivity contribution >= 4 is 11.2 Å². The van der Waals surface area contributed by atoms with Crippen LogP contribution in [0.15, 0.2) is 12.4 Å². The average molecular weight is 151 g/mol. The number of aromatic amines is 1. The van der Waals surface area contributed by atoms with E-state index in [4.69, 9.17) is 0 Å². The van der Waals surface area contributed by atoms with Gasteiger partial charge >= 0.3 is 0 Å². The normalized spacial score (nSPS) is 10.7. The molecule has 0 aliphatic rings. The van der Waals surface area contributed by atoms with E-state index >= 15 is 0 Å². The van der Waals surface area contributed by atoms with Crippen molar-refractivity contribution in [2.24, 2.45) is 0 Å². The number of nitrogens with one attached hydrogen (secondary N) is 1. The van der Waals surface area contributed by atoms with Crippen LogP contribution in [0.5, 0.6) is 0 Å². The van der Waals surface area contributed by atoms with E-state index in [9.17, 15) is 4.39 Å². The van der Waals surface area contributed by atoms with Gasteiger partial charge in [0, 0.05) is 6.20 Å². The molecule has 0 spiro atoms. The SMILES string of the molecule is Cc1cnc2[nH]cc(F)c2n1. The Morgan fingerprint density at radius 1 is 1.55 bits per heavy atom. The molecular formula is C7H6FN3. The van der Waals surface area contributed by atoms with E-state index in [-0.39, 0.29) is 5.82 Å². The van der Waals surface area contributed by atoms with Gasteiger partial charge in [-0.15, -0.1) is 0 Å². The smallest absolute Gasteiger partial charge is 0.168 e. The number of halogens is 1. The van der Waals surface area contributed by atoms with Crippen LogP contribution in [0, 0.1) is 12.7 Å². The Morgan fingerprint density at radius 2 is 2.36 bits per heavy atom. The van der Waals surface area contributed by atoms with Crippen molar-refractivity contribution in [2.75, 3.05) is 0 Å². The van der Waals surface area contributed by atoms with Crippen molar-refractivity contribution in [3.05, 3.63) is 23.9 Å². The molecule has 56 valence electrons. The van der Waals surface area contributed by atoms with Crippen LogP contribution in [0.1, 0.15) is 5.69 Å². The van der Waals surface area contributed by atoms with Crippen molar-refractivity contribution in [2.45, 2.75) is 6.92 Å². The predicted molar refractivity (Wildman–Crippen MR) is 38.6 cm³/mol. The maximum atomic E-state index is 12.8. The number of hydrogen-bond acceptors (Lipinski definition) is 2. The second-order valence-electron chi connectivity index (χ2n) is 2.35. The molecule has 0 radical (unpaired) electrons. The summed E-state index contributed by atoms with van der Waals surface area (Å²) in [6.07, 6.45) is 2.85. The number of nitrogens with zero attached hydrogens (tertiary/aromatic N) is 2. The van der Waals surface area contributed by atoms with Crippen LogP contribution >= 0.6 is 0 Å². The molecule has 0 amide bonds. The monoisotopic (exact) mass is 151 g/mol. The minimum Gasteiger partial charge on any atom is -0.342 e. The van der Waals surface area contributed by atoms with Crippen molar-refractivity contribution in [3.63, 3.8) is 0 Å². The molecule has 0 bridgehead atoms. The van der Waals surface area contributed by atoms with Gasteiger partial charge in [-0.1, -0.05) is 0 Å². The molecule has 1 N–H and O–H groups in total. The van der Waals surface area contributed by atoms with E-state index in [0.717, 1.165) is 5.69 Å². The first kappa shape index (κ1) is 6.27. The van der Waals surface area contributed by atoms with Crippen LogP contribution in [0.3, 0.4) is 0 Å². The summed E-state index contributed by atoms with van der Waals surface area (Å²) in [5.74, 6) is -0.351. The fourth-order valence-corrected chi connectivity index (χ4v) is 0.950. The largest absolute Gasteiger partial charge is 0.342 e. The third-order valence-corrected chi connectivity index (χ3v) is 1.45. The van der Waals surface area contributed by atoms with Gasteiger partial charge in [-0.25, -0.2) is 14.4 Å². The minimum absolute atomic E-state index is 0.310. The highest BCUT2D eigenvalue weighted by Crippen LogP contribution is 2.10. The molecule has 0 aliphatic heterocycles. The molecule has 4 heteroatoms. The van der Waals surface area contributed by atoms with E-state index in [1.54, 1.807) is 13.1 Å². The quantitative estimate of drug-likeness (QED) is 0.618. The molecule has 2 aromatic rings. The lowest BCUT2D eigenvalue weighted by molar-refractivity contribution is 0.636. The van der Waals surface area contributed by atoms with Crippen LogP contribution in [0.4, 0.5) is 4.39 Å². The third kappa shape index (κ3) is 0.869. The van der Waals surface area contributed by atoms with Crippen LogP contribution in [0.25, 0.3) is 11.2 Å². The molecule has 0 saturated heterocycles. The summed E-state index contributed by atoms with van der Waals surface area (Å²) in [4.78, 5) is 10.6. The predicted octanol–water partition coefficient (Wildman–Crippen LogP) is 1.41. The minimum atomic E-state index is -0.351. The summed E-state index contributed by atoms with van der Waals surface area (Å²) >= 11 is 0. The number of rotatable bonds is 0. The lowest BCUT2D eigenvalue weighted by atomic mass is 10.4. The van der Waals surface area contributed by atoms with Crippen LogP contribution in [-0.2, 0) is 0 Å². The van der Waals surface area contributed by atoms with E-state index < -0.39 is 0 Å². The molecule has 0 aromatic carbocycles. The van der Waals surface area contributed by atoms with E-state index in [2.05, 4.69) is 15.0 Å². The number of aryl methyl sites for hydroxylation is 1. The van der Waals surface area contributed by atoms with Gasteiger partial charge in [-0.05, 0) is 6.92 Å². The fraction of sp³-hybridized carbons (Fsp3) is 0.143. The fourth-order valence-electron chi connectivity index (χ4n) is 0.950. The number of hydrogen-bond donors (Lipinski definition) is 1. The molecule has 2 heterocycles. The summed E-state index contributed by atoms with van der Waals surface area (Å²) in [6, 6.07) is 0. The number of aromatic nitrogens is 3. The number of H-pyrrole nitrogens is 1. The van der Waals surface area contributed by atoms with Gasteiger partial charge in [0.1, 0.15) is 5.52 Å². The Labute approximate surface area is 62.3 Å². The second kappa shape index (κ2) is 2.02. The van der Waals surface area contributed by atoms with Crippen LogP contribution < -0.4 is 0 Å². The zero-order valence-corrected chi connectivity index (χ0v) is 5.93. The van der Waals surface area contributed by atoms with E-state index in [1.165, 1.54) is 6.20 Å². The molecule has 0 fully saturated rings. The molecule has 0 saturated carbocycles. The third-order valence-electron chi connectivity index (χ3n) is 1.45. The van der Waals surface area contributed by atoms with Gasteiger partial charge in [0.2, 0.25) is 0 Å². The van der Waals surface area contributed by atoms with Crippen molar-refractivity contribution in [1.82, 2.24) is 15.0 Å². The van der Waals surface area contributed by atoms with Crippen LogP contribution in [0.2, 0.25) is 0 Å². The Balaban J connectivity index is 2.87. The summed E-state index contributed by atoms with van der Waals surface area (Å²) in [5, 5.41) is 0. The highest BCUT2D eigenvalue weighted by Gasteiger charge is 2.03. The van der Waals surface area contributed by atoms with Gasteiger partial charge in [-0.2, -0.15) is 0 Å². The molecule has 0 aliphatic carbocycles. The highest BCUT2D eigenvalue weighted by molar-refractivity contribution is 5.70. The summed E-state index contributed by atoms with van der Waals surface area (Å²) in [6.45, 7) is 1.78. The molecule has 0 unspecified atom stereocenters. The highest BCUT2D eigenvalue weighted by atomic mass is 19.1.